The number of halogens is 4. The third-order valence-corrected chi connectivity index (χ3v) is 3.57. The van der Waals surface area contributed by atoms with E-state index in [-0.39, 0.29) is 21.3 Å². The first-order valence-electron chi connectivity index (χ1n) is 5.74. The monoisotopic (exact) mass is 375 g/mol. The smallest absolute Gasteiger partial charge is 0.340 e. The highest BCUT2D eigenvalue weighted by Gasteiger charge is 2.17. The minimum absolute atomic E-state index is 0.0401. The van der Waals surface area contributed by atoms with Crippen LogP contribution in [0.2, 0.25) is 5.02 Å². The summed E-state index contributed by atoms with van der Waals surface area (Å²) in [7, 11) is 0. The molecule has 0 saturated heterocycles. The Balaban J connectivity index is 2.19. The van der Waals surface area contributed by atoms with Crippen LogP contribution in [0.1, 0.15) is 15.9 Å². The van der Waals surface area contributed by atoms with Crippen molar-refractivity contribution in [3.05, 3.63) is 62.6 Å². The number of hydrogen-bond donors (Lipinski definition) is 1. The summed E-state index contributed by atoms with van der Waals surface area (Å²) in [4.78, 5) is 11.9. The van der Waals surface area contributed by atoms with Crippen LogP contribution in [0.15, 0.2) is 34.8 Å². The number of anilines is 1. The first-order valence-corrected chi connectivity index (χ1v) is 6.91. The van der Waals surface area contributed by atoms with Crippen LogP contribution in [-0.2, 0) is 11.3 Å². The quantitative estimate of drug-likeness (QED) is 0.493. The molecule has 2 rings (SSSR count). The van der Waals surface area contributed by atoms with Crippen LogP contribution in [0, 0.1) is 11.6 Å². The van der Waals surface area contributed by atoms with Crippen molar-refractivity contribution >= 4 is 39.2 Å². The maximum absolute atomic E-state index is 13.7. The molecular formula is C14H9BrClF2NO2. The fourth-order valence-corrected chi connectivity index (χ4v) is 2.17. The van der Waals surface area contributed by atoms with Crippen molar-refractivity contribution in [3.63, 3.8) is 0 Å². The minimum atomic E-state index is -0.818. The highest BCUT2D eigenvalue weighted by Crippen LogP contribution is 2.23. The summed E-state index contributed by atoms with van der Waals surface area (Å²) in [6.45, 7) is -0.554. The fourth-order valence-electron chi connectivity index (χ4n) is 1.62. The van der Waals surface area contributed by atoms with Gasteiger partial charge in [0.2, 0.25) is 0 Å². The molecule has 21 heavy (non-hydrogen) atoms. The normalized spacial score (nSPS) is 10.5. The zero-order valence-electron chi connectivity index (χ0n) is 10.5. The number of esters is 1. The lowest BCUT2D eigenvalue weighted by Crippen LogP contribution is -2.10. The van der Waals surface area contributed by atoms with E-state index in [1.165, 1.54) is 24.3 Å². The highest BCUT2D eigenvalue weighted by atomic mass is 79.9. The molecule has 2 N–H and O–H groups in total. The van der Waals surface area contributed by atoms with Crippen molar-refractivity contribution in [2.75, 3.05) is 5.73 Å². The molecule has 0 atom stereocenters. The average molecular weight is 377 g/mol. The van der Waals surface area contributed by atoms with E-state index in [1.54, 1.807) is 0 Å². The number of benzene rings is 2. The van der Waals surface area contributed by atoms with E-state index in [9.17, 15) is 13.6 Å². The predicted octanol–water partition coefficient (Wildman–Crippen LogP) is 4.32. The first kappa shape index (κ1) is 15.7. The van der Waals surface area contributed by atoms with E-state index in [4.69, 9.17) is 22.1 Å². The largest absolute Gasteiger partial charge is 0.457 e. The SMILES string of the molecule is Nc1ccc(Cl)cc1C(=O)OCc1c(F)ccc(Br)c1F. The third-order valence-electron chi connectivity index (χ3n) is 2.72. The number of rotatable bonds is 3. The van der Waals surface area contributed by atoms with Gasteiger partial charge in [-0.25, -0.2) is 13.6 Å². The average Bonchev–Trinajstić information content (AvgIpc) is 2.45. The minimum Gasteiger partial charge on any atom is -0.457 e. The van der Waals surface area contributed by atoms with E-state index >= 15 is 0 Å². The fraction of sp³-hybridized carbons (Fsp3) is 0.0714. The van der Waals surface area contributed by atoms with Gasteiger partial charge in [0.1, 0.15) is 18.2 Å². The molecule has 0 radical (unpaired) electrons. The lowest BCUT2D eigenvalue weighted by molar-refractivity contribution is 0.0466. The van der Waals surface area contributed by atoms with Gasteiger partial charge in [-0.2, -0.15) is 0 Å². The van der Waals surface area contributed by atoms with Gasteiger partial charge in [-0.3, -0.25) is 0 Å². The molecule has 0 saturated carbocycles. The Hall–Kier alpha value is -1.66. The van der Waals surface area contributed by atoms with E-state index in [1.807, 2.05) is 0 Å². The number of nitrogens with two attached hydrogens (primary N) is 1. The zero-order chi connectivity index (χ0) is 15.6. The van der Waals surface area contributed by atoms with E-state index in [0.717, 1.165) is 6.07 Å². The van der Waals surface area contributed by atoms with Crippen molar-refractivity contribution < 1.29 is 18.3 Å². The van der Waals surface area contributed by atoms with Crippen molar-refractivity contribution in [2.45, 2.75) is 6.61 Å². The van der Waals surface area contributed by atoms with Crippen LogP contribution in [-0.4, -0.2) is 5.97 Å². The van der Waals surface area contributed by atoms with E-state index in [0.29, 0.717) is 5.02 Å². The molecule has 2 aromatic carbocycles. The van der Waals surface area contributed by atoms with Gasteiger partial charge in [0.15, 0.2) is 0 Å². The molecule has 0 spiro atoms. The van der Waals surface area contributed by atoms with Gasteiger partial charge in [-0.1, -0.05) is 11.6 Å². The lowest BCUT2D eigenvalue weighted by atomic mass is 10.2. The molecule has 0 aromatic heterocycles. The van der Waals surface area contributed by atoms with Crippen molar-refractivity contribution in [2.24, 2.45) is 0 Å². The number of ether oxygens (including phenoxy) is 1. The lowest BCUT2D eigenvalue weighted by Gasteiger charge is -2.09. The summed E-state index contributed by atoms with van der Waals surface area (Å²) in [5, 5.41) is 0.302. The summed E-state index contributed by atoms with van der Waals surface area (Å²) in [5.74, 6) is -2.43. The summed E-state index contributed by atoms with van der Waals surface area (Å²) in [6, 6.07) is 6.59. The topological polar surface area (TPSA) is 52.3 Å². The molecule has 0 heterocycles. The molecule has 0 bridgehead atoms. The summed E-state index contributed by atoms with van der Waals surface area (Å²) < 4.78 is 32.2. The van der Waals surface area contributed by atoms with Crippen molar-refractivity contribution in [1.82, 2.24) is 0 Å². The Bertz CT molecular complexity index is 710. The van der Waals surface area contributed by atoms with Crippen LogP contribution >= 0.6 is 27.5 Å². The number of nitrogen functional groups attached to an aromatic ring is 1. The van der Waals surface area contributed by atoms with Gasteiger partial charge in [0, 0.05) is 10.7 Å². The van der Waals surface area contributed by atoms with E-state index in [2.05, 4.69) is 15.9 Å². The molecule has 0 aliphatic heterocycles. The van der Waals surface area contributed by atoms with Gasteiger partial charge in [0.05, 0.1) is 15.6 Å². The molecule has 0 amide bonds. The maximum Gasteiger partial charge on any atom is 0.340 e. The van der Waals surface area contributed by atoms with Gasteiger partial charge in [-0.15, -0.1) is 0 Å². The van der Waals surface area contributed by atoms with Crippen LogP contribution in [0.4, 0.5) is 14.5 Å². The molecule has 7 heteroatoms. The summed E-state index contributed by atoms with van der Waals surface area (Å²) >= 11 is 8.69. The highest BCUT2D eigenvalue weighted by molar-refractivity contribution is 9.10. The Morgan fingerprint density at radius 1 is 1.29 bits per heavy atom. The third kappa shape index (κ3) is 3.51. The first-order chi connectivity index (χ1) is 9.90. The molecule has 0 aliphatic carbocycles. The van der Waals surface area contributed by atoms with Gasteiger partial charge in [0.25, 0.3) is 0 Å². The van der Waals surface area contributed by atoms with Crippen molar-refractivity contribution in [1.29, 1.82) is 0 Å². The summed E-state index contributed by atoms with van der Waals surface area (Å²) in [5.41, 5.74) is 5.49. The van der Waals surface area contributed by atoms with Gasteiger partial charge >= 0.3 is 5.97 Å². The van der Waals surface area contributed by atoms with E-state index < -0.39 is 24.2 Å². The second kappa shape index (κ2) is 6.41. The predicted molar refractivity (Wildman–Crippen MR) is 79.0 cm³/mol. The van der Waals surface area contributed by atoms with Gasteiger partial charge < -0.3 is 10.5 Å². The second-order valence-corrected chi connectivity index (χ2v) is 5.42. The Morgan fingerprint density at radius 3 is 2.71 bits per heavy atom. The van der Waals surface area contributed by atoms with Crippen LogP contribution < -0.4 is 5.73 Å². The zero-order valence-corrected chi connectivity index (χ0v) is 12.8. The van der Waals surface area contributed by atoms with Gasteiger partial charge in [-0.05, 0) is 46.3 Å². The number of carbonyl (C=O) groups is 1. The molecule has 2 aromatic rings. The molecule has 0 aliphatic rings. The van der Waals surface area contributed by atoms with Crippen LogP contribution in [0.25, 0.3) is 0 Å². The number of carbonyl (C=O) groups excluding carboxylic acids is 1. The number of hydrogen-bond acceptors (Lipinski definition) is 3. The molecule has 0 unspecified atom stereocenters. The maximum atomic E-state index is 13.7. The van der Waals surface area contributed by atoms with Crippen LogP contribution in [0.5, 0.6) is 0 Å². The molecular weight excluding hydrogens is 368 g/mol. The van der Waals surface area contributed by atoms with Crippen molar-refractivity contribution in [3.8, 4) is 0 Å². The molecule has 3 nitrogen and oxygen atoms in total. The Kier molecular flexibility index (Phi) is 4.80. The molecule has 110 valence electrons. The summed E-state index contributed by atoms with van der Waals surface area (Å²) in [6.07, 6.45) is 0. The molecule has 0 fully saturated rings. The standard InChI is InChI=1S/C14H9BrClF2NO2/c15-10-2-3-11(17)9(13(10)18)6-21-14(20)8-5-7(16)1-4-12(8)19/h1-5H,6,19H2. The second-order valence-electron chi connectivity index (χ2n) is 4.13. The Morgan fingerprint density at radius 2 is 2.00 bits per heavy atom. The Labute approximate surface area is 132 Å². The van der Waals surface area contributed by atoms with Crippen LogP contribution in [0.3, 0.4) is 0 Å².